The first-order chi connectivity index (χ1) is 11.6. The molecule has 140 valence electrons. The highest BCUT2D eigenvalue weighted by molar-refractivity contribution is 5.82. The largest absolute Gasteiger partial charge is 0.493 e. The Balaban J connectivity index is 3.06. The number of hydrogen-bond acceptors (Lipinski definition) is 7. The van der Waals surface area contributed by atoms with E-state index in [0.717, 1.165) is 7.11 Å². The summed E-state index contributed by atoms with van der Waals surface area (Å²) in [7, 11) is 4.09. The highest BCUT2D eigenvalue weighted by Crippen LogP contribution is 2.31. The number of amides is 1. The molecule has 0 bridgehead atoms. The summed E-state index contributed by atoms with van der Waals surface area (Å²) in [4.78, 5) is 23.9. The lowest BCUT2D eigenvalue weighted by Gasteiger charge is -2.25. The van der Waals surface area contributed by atoms with Gasteiger partial charge in [0.2, 0.25) is 0 Å². The molecule has 8 nitrogen and oxygen atoms in total. The number of aliphatic hydroxyl groups is 1. The minimum atomic E-state index is -1.38. The predicted molar refractivity (Wildman–Crippen MR) is 89.7 cm³/mol. The van der Waals surface area contributed by atoms with Gasteiger partial charge in [0.15, 0.2) is 17.5 Å². The summed E-state index contributed by atoms with van der Waals surface area (Å²) in [6.07, 6.45) is -2.22. The summed E-state index contributed by atoms with van der Waals surface area (Å²) in [6, 6.07) is 3.30. The first-order valence-corrected chi connectivity index (χ1v) is 7.60. The Morgan fingerprint density at radius 3 is 2.16 bits per heavy atom. The Labute approximate surface area is 147 Å². The Morgan fingerprint density at radius 2 is 1.68 bits per heavy atom. The second-order valence-corrected chi connectivity index (χ2v) is 6.21. The molecule has 0 fully saturated rings. The van der Waals surface area contributed by atoms with Crippen molar-refractivity contribution in [1.82, 2.24) is 5.32 Å². The molecule has 0 unspecified atom stereocenters. The van der Waals surface area contributed by atoms with Crippen molar-refractivity contribution in [2.24, 2.45) is 0 Å². The van der Waals surface area contributed by atoms with Crippen molar-refractivity contribution in [1.29, 1.82) is 0 Å². The zero-order chi connectivity index (χ0) is 19.2. The van der Waals surface area contributed by atoms with E-state index in [9.17, 15) is 14.7 Å². The predicted octanol–water partition coefficient (Wildman–Crippen LogP) is 1.80. The van der Waals surface area contributed by atoms with Gasteiger partial charge in [-0.3, -0.25) is 0 Å². The van der Waals surface area contributed by atoms with E-state index in [1.54, 1.807) is 32.9 Å². The van der Waals surface area contributed by atoms with E-state index >= 15 is 0 Å². The number of carbonyl (C=O) groups is 2. The molecular formula is C17H25NO7. The van der Waals surface area contributed by atoms with Crippen LogP contribution >= 0.6 is 0 Å². The zero-order valence-corrected chi connectivity index (χ0v) is 15.3. The van der Waals surface area contributed by atoms with Gasteiger partial charge in [-0.25, -0.2) is 9.59 Å². The van der Waals surface area contributed by atoms with Crippen molar-refractivity contribution in [2.45, 2.75) is 38.5 Å². The van der Waals surface area contributed by atoms with E-state index in [1.807, 2.05) is 0 Å². The molecule has 2 N–H and O–H groups in total. The smallest absolute Gasteiger partial charge is 0.408 e. The lowest BCUT2D eigenvalue weighted by atomic mass is 10.0. The maximum absolute atomic E-state index is 12.0. The Hall–Kier alpha value is -2.48. The molecule has 1 amide bonds. The van der Waals surface area contributed by atoms with Gasteiger partial charge in [0.05, 0.1) is 21.3 Å². The molecule has 25 heavy (non-hydrogen) atoms. The van der Waals surface area contributed by atoms with Crippen LogP contribution in [0.2, 0.25) is 0 Å². The number of carbonyl (C=O) groups excluding carboxylic acids is 2. The van der Waals surface area contributed by atoms with Crippen LogP contribution < -0.4 is 14.8 Å². The molecule has 0 heterocycles. The normalized spacial score (nSPS) is 13.4. The number of ether oxygens (including phenoxy) is 4. The fourth-order valence-electron chi connectivity index (χ4n) is 2.06. The van der Waals surface area contributed by atoms with E-state index in [0.29, 0.717) is 17.1 Å². The van der Waals surface area contributed by atoms with Crippen LogP contribution in [-0.2, 0) is 14.3 Å². The summed E-state index contributed by atoms with van der Waals surface area (Å²) in [5.74, 6) is 0.0289. The third-order valence-corrected chi connectivity index (χ3v) is 3.19. The fourth-order valence-corrected chi connectivity index (χ4v) is 2.06. The molecule has 0 aromatic heterocycles. The van der Waals surface area contributed by atoms with Crippen LogP contribution in [0.15, 0.2) is 18.2 Å². The molecule has 0 spiro atoms. The van der Waals surface area contributed by atoms with E-state index in [4.69, 9.17) is 14.2 Å². The number of rotatable bonds is 6. The van der Waals surface area contributed by atoms with E-state index in [1.165, 1.54) is 20.3 Å². The molecule has 0 radical (unpaired) electrons. The molecule has 0 aliphatic carbocycles. The van der Waals surface area contributed by atoms with Crippen molar-refractivity contribution in [3.8, 4) is 11.5 Å². The number of esters is 1. The molecule has 1 aromatic rings. The first kappa shape index (κ1) is 20.6. The summed E-state index contributed by atoms with van der Waals surface area (Å²) in [6.45, 7) is 5.06. The highest BCUT2D eigenvalue weighted by Gasteiger charge is 2.32. The molecule has 0 saturated carbocycles. The standard InChI is InChI=1S/C17H25NO7/c1-17(2,3)25-16(21)18-13(15(20)24-6)14(19)10-7-8-11(22-4)12(9-10)23-5/h7-9,13-14,19H,1-6H3,(H,18,21)/t13-,14-/m0/s1. The van der Waals surface area contributed by atoms with Crippen LogP contribution in [0.25, 0.3) is 0 Å². The Kier molecular flexibility index (Phi) is 7.05. The molecule has 8 heteroatoms. The maximum atomic E-state index is 12.0. The van der Waals surface area contributed by atoms with Gasteiger partial charge in [-0.1, -0.05) is 6.07 Å². The molecule has 1 rings (SSSR count). The van der Waals surface area contributed by atoms with Gasteiger partial charge < -0.3 is 29.4 Å². The van der Waals surface area contributed by atoms with Crippen LogP contribution in [0.1, 0.15) is 32.4 Å². The summed E-state index contributed by atoms with van der Waals surface area (Å²) in [5.41, 5.74) is -0.414. The zero-order valence-electron chi connectivity index (χ0n) is 15.3. The SMILES string of the molecule is COC(=O)[C@@H](NC(=O)OC(C)(C)C)[C@@H](O)c1ccc(OC)c(OC)c1. The number of alkyl carbamates (subject to hydrolysis) is 1. The number of aliphatic hydroxyl groups excluding tert-OH is 1. The summed E-state index contributed by atoms with van der Waals surface area (Å²) < 4.78 is 20.1. The summed E-state index contributed by atoms with van der Waals surface area (Å²) >= 11 is 0. The van der Waals surface area contributed by atoms with Gasteiger partial charge in [-0.2, -0.15) is 0 Å². The van der Waals surface area contributed by atoms with Gasteiger partial charge in [-0.15, -0.1) is 0 Å². The lowest BCUT2D eigenvalue weighted by Crippen LogP contribution is -2.47. The van der Waals surface area contributed by atoms with E-state index in [-0.39, 0.29) is 0 Å². The average Bonchev–Trinajstić information content (AvgIpc) is 2.56. The topological polar surface area (TPSA) is 103 Å². The third kappa shape index (κ3) is 5.82. The minimum Gasteiger partial charge on any atom is -0.493 e. The van der Waals surface area contributed by atoms with Gasteiger partial charge in [-0.05, 0) is 38.5 Å². The van der Waals surface area contributed by atoms with Crippen molar-refractivity contribution in [2.75, 3.05) is 21.3 Å². The van der Waals surface area contributed by atoms with Crippen LogP contribution in [0.5, 0.6) is 11.5 Å². The van der Waals surface area contributed by atoms with E-state index < -0.39 is 29.8 Å². The Bertz CT molecular complexity index is 610. The van der Waals surface area contributed by atoms with Crippen molar-refractivity contribution in [3.05, 3.63) is 23.8 Å². The molecule has 0 aliphatic rings. The van der Waals surface area contributed by atoms with Crippen LogP contribution in [0.4, 0.5) is 4.79 Å². The monoisotopic (exact) mass is 355 g/mol. The average molecular weight is 355 g/mol. The molecule has 1 aromatic carbocycles. The van der Waals surface area contributed by atoms with Crippen molar-refractivity contribution < 1.29 is 33.6 Å². The Morgan fingerprint density at radius 1 is 1.08 bits per heavy atom. The molecular weight excluding hydrogens is 330 g/mol. The van der Waals surface area contributed by atoms with Crippen molar-refractivity contribution >= 4 is 12.1 Å². The second kappa shape index (κ2) is 8.57. The van der Waals surface area contributed by atoms with Gasteiger partial charge in [0, 0.05) is 0 Å². The number of nitrogens with one attached hydrogen (secondary N) is 1. The first-order valence-electron chi connectivity index (χ1n) is 7.60. The third-order valence-electron chi connectivity index (χ3n) is 3.19. The number of benzene rings is 1. The van der Waals surface area contributed by atoms with E-state index in [2.05, 4.69) is 10.1 Å². The van der Waals surface area contributed by atoms with Gasteiger partial charge in [0.25, 0.3) is 0 Å². The van der Waals surface area contributed by atoms with Crippen LogP contribution in [-0.4, -0.2) is 50.1 Å². The molecule has 2 atom stereocenters. The molecule has 0 saturated heterocycles. The van der Waals surface area contributed by atoms with Crippen molar-refractivity contribution in [3.63, 3.8) is 0 Å². The van der Waals surface area contributed by atoms with Crippen LogP contribution in [0, 0.1) is 0 Å². The molecule has 0 aliphatic heterocycles. The lowest BCUT2D eigenvalue weighted by molar-refractivity contribution is -0.146. The minimum absolute atomic E-state index is 0.337. The van der Waals surface area contributed by atoms with Crippen LogP contribution in [0.3, 0.4) is 0 Å². The second-order valence-electron chi connectivity index (χ2n) is 6.21. The quantitative estimate of drug-likeness (QED) is 0.750. The summed E-state index contributed by atoms with van der Waals surface area (Å²) in [5, 5.41) is 12.9. The fraction of sp³-hybridized carbons (Fsp3) is 0.529. The number of methoxy groups -OCH3 is 3. The van der Waals surface area contributed by atoms with Gasteiger partial charge in [0.1, 0.15) is 11.7 Å². The number of hydrogen-bond donors (Lipinski definition) is 2. The maximum Gasteiger partial charge on any atom is 0.408 e. The highest BCUT2D eigenvalue weighted by atomic mass is 16.6. The van der Waals surface area contributed by atoms with Gasteiger partial charge >= 0.3 is 12.1 Å².